The van der Waals surface area contributed by atoms with Crippen LogP contribution in [0.15, 0.2) is 30.5 Å². The van der Waals surface area contributed by atoms with Crippen LogP contribution >= 0.6 is 0 Å². The van der Waals surface area contributed by atoms with Gasteiger partial charge in [-0.3, -0.25) is 4.79 Å². The number of carbonyl (C=O) groups excluding carboxylic acids is 1. The predicted octanol–water partition coefficient (Wildman–Crippen LogP) is 2.27. The SMILES string of the molecule is COc1cc(C(=O)Nc2ccc([N+](=O)[O-])nc2)cc(OC)c1OC. The van der Waals surface area contributed by atoms with Crippen LogP contribution in [0.1, 0.15) is 10.4 Å². The third kappa shape index (κ3) is 3.51. The van der Waals surface area contributed by atoms with Crippen molar-refractivity contribution in [2.75, 3.05) is 26.6 Å². The maximum absolute atomic E-state index is 12.3. The Kier molecular flexibility index (Phi) is 5.15. The van der Waals surface area contributed by atoms with Crippen LogP contribution in [0, 0.1) is 10.1 Å². The summed E-state index contributed by atoms with van der Waals surface area (Å²) in [7, 11) is 4.35. The van der Waals surface area contributed by atoms with E-state index in [1.165, 1.54) is 51.8 Å². The van der Waals surface area contributed by atoms with Crippen LogP contribution in [0.5, 0.6) is 17.2 Å². The Bertz CT molecular complexity index is 735. The van der Waals surface area contributed by atoms with Crippen LogP contribution in [0.2, 0.25) is 0 Å². The van der Waals surface area contributed by atoms with Crippen molar-refractivity contribution < 1.29 is 23.9 Å². The highest BCUT2D eigenvalue weighted by atomic mass is 16.6. The number of ether oxygens (including phenoxy) is 3. The molecule has 0 saturated heterocycles. The molecular formula is C15H15N3O6. The van der Waals surface area contributed by atoms with Crippen molar-refractivity contribution >= 4 is 17.4 Å². The van der Waals surface area contributed by atoms with Gasteiger partial charge in [-0.2, -0.15) is 0 Å². The van der Waals surface area contributed by atoms with E-state index in [1.807, 2.05) is 0 Å². The zero-order chi connectivity index (χ0) is 17.7. The first kappa shape index (κ1) is 17.0. The molecule has 0 aliphatic rings. The van der Waals surface area contributed by atoms with Gasteiger partial charge in [-0.05, 0) is 28.1 Å². The molecule has 1 aromatic carbocycles. The lowest BCUT2D eigenvalue weighted by molar-refractivity contribution is -0.389. The molecule has 0 aliphatic carbocycles. The maximum Gasteiger partial charge on any atom is 0.363 e. The lowest BCUT2D eigenvalue weighted by atomic mass is 10.1. The second-order valence-electron chi connectivity index (χ2n) is 4.53. The van der Waals surface area contributed by atoms with E-state index in [9.17, 15) is 14.9 Å². The van der Waals surface area contributed by atoms with Crippen LogP contribution in [0.3, 0.4) is 0 Å². The number of amides is 1. The Labute approximate surface area is 137 Å². The van der Waals surface area contributed by atoms with Gasteiger partial charge in [0.1, 0.15) is 0 Å². The Morgan fingerprint density at radius 2 is 1.75 bits per heavy atom. The van der Waals surface area contributed by atoms with Gasteiger partial charge < -0.3 is 29.6 Å². The monoisotopic (exact) mass is 333 g/mol. The molecule has 0 saturated carbocycles. The fourth-order valence-corrected chi connectivity index (χ4v) is 1.98. The Morgan fingerprint density at radius 3 is 2.17 bits per heavy atom. The van der Waals surface area contributed by atoms with E-state index in [4.69, 9.17) is 14.2 Å². The highest BCUT2D eigenvalue weighted by Crippen LogP contribution is 2.38. The minimum Gasteiger partial charge on any atom is -0.493 e. The number of methoxy groups -OCH3 is 3. The van der Waals surface area contributed by atoms with E-state index in [0.29, 0.717) is 22.9 Å². The van der Waals surface area contributed by atoms with Crippen LogP contribution in [0.4, 0.5) is 11.5 Å². The molecule has 0 radical (unpaired) electrons. The fourth-order valence-electron chi connectivity index (χ4n) is 1.98. The second-order valence-corrected chi connectivity index (χ2v) is 4.53. The number of aromatic nitrogens is 1. The molecule has 0 bridgehead atoms. The lowest BCUT2D eigenvalue weighted by Gasteiger charge is -2.13. The smallest absolute Gasteiger partial charge is 0.363 e. The van der Waals surface area contributed by atoms with Crippen molar-refractivity contribution in [2.45, 2.75) is 0 Å². The molecule has 1 N–H and O–H groups in total. The average molecular weight is 333 g/mol. The van der Waals surface area contributed by atoms with Crippen molar-refractivity contribution in [1.82, 2.24) is 4.98 Å². The highest BCUT2D eigenvalue weighted by Gasteiger charge is 2.17. The summed E-state index contributed by atoms with van der Waals surface area (Å²) in [6.07, 6.45) is 1.20. The summed E-state index contributed by atoms with van der Waals surface area (Å²) in [5, 5.41) is 13.2. The quantitative estimate of drug-likeness (QED) is 0.637. The van der Waals surface area contributed by atoms with Gasteiger partial charge in [-0.15, -0.1) is 0 Å². The number of hydrogen-bond donors (Lipinski definition) is 1. The Hall–Kier alpha value is -3.36. The third-order valence-electron chi connectivity index (χ3n) is 3.12. The molecule has 9 nitrogen and oxygen atoms in total. The van der Waals surface area contributed by atoms with Crippen molar-refractivity contribution in [1.29, 1.82) is 0 Å². The summed E-state index contributed by atoms with van der Waals surface area (Å²) < 4.78 is 15.6. The molecule has 9 heteroatoms. The number of nitrogens with zero attached hydrogens (tertiary/aromatic N) is 2. The van der Waals surface area contributed by atoms with Crippen molar-refractivity contribution in [2.24, 2.45) is 0 Å². The molecule has 0 unspecified atom stereocenters. The van der Waals surface area contributed by atoms with Crippen molar-refractivity contribution in [3.05, 3.63) is 46.1 Å². The van der Waals surface area contributed by atoms with Gasteiger partial charge in [0, 0.05) is 11.6 Å². The zero-order valence-electron chi connectivity index (χ0n) is 13.2. The predicted molar refractivity (Wildman–Crippen MR) is 84.9 cm³/mol. The molecule has 1 aromatic heterocycles. The van der Waals surface area contributed by atoms with Crippen LogP contribution in [-0.2, 0) is 0 Å². The summed E-state index contributed by atoms with van der Waals surface area (Å²) in [6.45, 7) is 0. The summed E-state index contributed by atoms with van der Waals surface area (Å²) in [6, 6.07) is 5.58. The molecule has 2 aromatic rings. The fraction of sp³-hybridized carbons (Fsp3) is 0.200. The topological polar surface area (TPSA) is 113 Å². The van der Waals surface area contributed by atoms with E-state index in [-0.39, 0.29) is 11.4 Å². The van der Waals surface area contributed by atoms with Crippen molar-refractivity contribution in [3.8, 4) is 17.2 Å². The summed E-state index contributed by atoms with van der Waals surface area (Å²) >= 11 is 0. The number of hydrogen-bond acceptors (Lipinski definition) is 7. The zero-order valence-corrected chi connectivity index (χ0v) is 13.2. The van der Waals surface area contributed by atoms with Gasteiger partial charge in [0.2, 0.25) is 5.75 Å². The lowest BCUT2D eigenvalue weighted by Crippen LogP contribution is -2.13. The average Bonchev–Trinajstić information content (AvgIpc) is 2.60. The number of rotatable bonds is 6. The summed E-state index contributed by atoms with van der Waals surface area (Å²) in [4.78, 5) is 25.9. The molecule has 126 valence electrons. The number of nitrogens with one attached hydrogen (secondary N) is 1. The molecule has 1 amide bonds. The van der Waals surface area contributed by atoms with E-state index >= 15 is 0 Å². The highest BCUT2D eigenvalue weighted by molar-refractivity contribution is 6.05. The van der Waals surface area contributed by atoms with E-state index in [1.54, 1.807) is 0 Å². The molecule has 24 heavy (non-hydrogen) atoms. The van der Waals surface area contributed by atoms with Gasteiger partial charge in [0.05, 0.1) is 27.0 Å². The molecular weight excluding hydrogens is 318 g/mol. The van der Waals surface area contributed by atoms with E-state index in [2.05, 4.69) is 10.3 Å². The minimum atomic E-state index is -0.620. The number of benzene rings is 1. The van der Waals surface area contributed by atoms with Crippen LogP contribution in [-0.4, -0.2) is 37.1 Å². The van der Waals surface area contributed by atoms with Gasteiger partial charge in [0.15, 0.2) is 17.7 Å². The van der Waals surface area contributed by atoms with Crippen LogP contribution < -0.4 is 19.5 Å². The van der Waals surface area contributed by atoms with Gasteiger partial charge in [0.25, 0.3) is 5.91 Å². The van der Waals surface area contributed by atoms with E-state index in [0.717, 1.165) is 0 Å². The summed E-state index contributed by atoms with van der Waals surface area (Å²) in [5.74, 6) is 0.284. The first-order valence-corrected chi connectivity index (χ1v) is 6.72. The number of nitro groups is 1. The largest absolute Gasteiger partial charge is 0.493 e. The molecule has 2 rings (SSSR count). The van der Waals surface area contributed by atoms with E-state index < -0.39 is 10.8 Å². The minimum absolute atomic E-state index is 0.267. The second kappa shape index (κ2) is 7.27. The van der Waals surface area contributed by atoms with Gasteiger partial charge in [-0.1, -0.05) is 0 Å². The molecule has 1 heterocycles. The van der Waals surface area contributed by atoms with Gasteiger partial charge >= 0.3 is 5.82 Å². The number of anilines is 1. The Morgan fingerprint density at radius 1 is 1.12 bits per heavy atom. The Balaban J connectivity index is 2.27. The maximum atomic E-state index is 12.3. The van der Waals surface area contributed by atoms with Gasteiger partial charge in [-0.25, -0.2) is 0 Å². The first-order valence-electron chi connectivity index (χ1n) is 6.72. The molecule has 0 atom stereocenters. The first-order chi connectivity index (χ1) is 11.5. The van der Waals surface area contributed by atoms with Crippen LogP contribution in [0.25, 0.3) is 0 Å². The molecule has 0 fully saturated rings. The standard InChI is InChI=1S/C15H15N3O6/c1-22-11-6-9(7-12(23-2)14(11)24-3)15(19)17-10-4-5-13(16-8-10)18(20)21/h4-8H,1-3H3,(H,17,19). The number of pyridine rings is 1. The number of carbonyl (C=O) groups is 1. The summed E-state index contributed by atoms with van der Waals surface area (Å²) in [5.41, 5.74) is 0.585. The normalized spacial score (nSPS) is 9.96. The molecule has 0 aliphatic heterocycles. The van der Waals surface area contributed by atoms with Crippen molar-refractivity contribution in [3.63, 3.8) is 0 Å². The third-order valence-corrected chi connectivity index (χ3v) is 3.12. The molecule has 0 spiro atoms.